The van der Waals surface area contributed by atoms with E-state index in [1.54, 1.807) is 4.68 Å². The summed E-state index contributed by atoms with van der Waals surface area (Å²) in [5, 5.41) is 8.08. The molecule has 1 heterocycles. The molecule has 84 valence electrons. The normalized spacial score (nSPS) is 31.8. The minimum atomic E-state index is 0.350. The molecule has 0 spiro atoms. The molecule has 4 heteroatoms. The molecule has 2 N–H and O–H groups in total. The van der Waals surface area contributed by atoms with Crippen molar-refractivity contribution in [3.05, 3.63) is 11.9 Å². The molecule has 1 aromatic heterocycles. The van der Waals surface area contributed by atoms with Crippen LogP contribution in [0.5, 0.6) is 0 Å². The highest BCUT2D eigenvalue weighted by Gasteiger charge is 2.26. The van der Waals surface area contributed by atoms with Crippen LogP contribution in [0.25, 0.3) is 0 Å². The summed E-state index contributed by atoms with van der Waals surface area (Å²) in [5.41, 5.74) is 7.22. The summed E-state index contributed by atoms with van der Waals surface area (Å²) in [5.74, 6) is 1.40. The SMILES string of the molecule is CC1CCC(N)C(Cc2cn(C)nn2)C1. The number of nitrogens with zero attached hydrogens (tertiary/aromatic N) is 3. The standard InChI is InChI=1S/C11H20N4/c1-8-3-4-11(12)9(5-8)6-10-7-15(2)14-13-10/h7-9,11H,3-6,12H2,1-2H3. The zero-order valence-electron chi connectivity index (χ0n) is 9.56. The Morgan fingerprint density at radius 2 is 2.33 bits per heavy atom. The van der Waals surface area contributed by atoms with Gasteiger partial charge in [-0.2, -0.15) is 0 Å². The van der Waals surface area contributed by atoms with Crippen molar-refractivity contribution in [1.82, 2.24) is 15.0 Å². The van der Waals surface area contributed by atoms with E-state index in [4.69, 9.17) is 5.73 Å². The van der Waals surface area contributed by atoms with E-state index in [0.717, 1.165) is 24.5 Å². The Kier molecular flexibility index (Phi) is 3.05. The highest BCUT2D eigenvalue weighted by Crippen LogP contribution is 2.29. The second-order valence-corrected chi connectivity index (χ2v) is 4.93. The predicted molar refractivity (Wildman–Crippen MR) is 59.2 cm³/mol. The molecule has 0 radical (unpaired) electrons. The van der Waals surface area contributed by atoms with Crippen molar-refractivity contribution in [2.75, 3.05) is 0 Å². The molecule has 0 aliphatic heterocycles. The van der Waals surface area contributed by atoms with Gasteiger partial charge in [0.2, 0.25) is 0 Å². The van der Waals surface area contributed by atoms with E-state index in [2.05, 4.69) is 17.2 Å². The van der Waals surface area contributed by atoms with Gasteiger partial charge >= 0.3 is 0 Å². The fraction of sp³-hybridized carbons (Fsp3) is 0.818. The van der Waals surface area contributed by atoms with Gasteiger partial charge in [-0.25, -0.2) is 0 Å². The lowest BCUT2D eigenvalue weighted by Gasteiger charge is -2.31. The van der Waals surface area contributed by atoms with Crippen molar-refractivity contribution in [1.29, 1.82) is 0 Å². The molecule has 3 unspecified atom stereocenters. The lowest BCUT2D eigenvalue weighted by molar-refractivity contribution is 0.243. The van der Waals surface area contributed by atoms with E-state index < -0.39 is 0 Å². The van der Waals surface area contributed by atoms with Crippen molar-refractivity contribution in [3.8, 4) is 0 Å². The van der Waals surface area contributed by atoms with Gasteiger partial charge in [0.05, 0.1) is 5.69 Å². The summed E-state index contributed by atoms with van der Waals surface area (Å²) in [4.78, 5) is 0. The number of rotatable bonds is 2. The summed E-state index contributed by atoms with van der Waals surface area (Å²) in [7, 11) is 1.90. The Labute approximate surface area is 90.8 Å². The molecule has 0 saturated heterocycles. The number of hydrogen-bond acceptors (Lipinski definition) is 3. The highest BCUT2D eigenvalue weighted by atomic mass is 15.4. The van der Waals surface area contributed by atoms with Gasteiger partial charge < -0.3 is 5.73 Å². The maximum atomic E-state index is 6.14. The molecule has 0 amide bonds. The van der Waals surface area contributed by atoms with E-state index in [0.29, 0.717) is 12.0 Å². The Balaban J connectivity index is 1.98. The number of nitrogens with two attached hydrogens (primary N) is 1. The second kappa shape index (κ2) is 4.31. The van der Waals surface area contributed by atoms with Crippen LogP contribution in [-0.2, 0) is 13.5 Å². The Bertz CT molecular complexity index is 320. The Morgan fingerprint density at radius 1 is 1.53 bits per heavy atom. The van der Waals surface area contributed by atoms with Gasteiger partial charge in [0.25, 0.3) is 0 Å². The number of aromatic nitrogens is 3. The van der Waals surface area contributed by atoms with Crippen LogP contribution in [0.15, 0.2) is 6.20 Å². The van der Waals surface area contributed by atoms with Crippen LogP contribution in [0.4, 0.5) is 0 Å². The lowest BCUT2D eigenvalue weighted by atomic mass is 9.77. The molecule has 4 nitrogen and oxygen atoms in total. The fourth-order valence-corrected chi connectivity index (χ4v) is 2.51. The van der Waals surface area contributed by atoms with Crippen molar-refractivity contribution in [2.24, 2.45) is 24.6 Å². The average molecular weight is 208 g/mol. The van der Waals surface area contributed by atoms with E-state index in [1.807, 2.05) is 13.2 Å². The second-order valence-electron chi connectivity index (χ2n) is 4.93. The van der Waals surface area contributed by atoms with Gasteiger partial charge in [-0.1, -0.05) is 12.1 Å². The van der Waals surface area contributed by atoms with E-state index in [1.165, 1.54) is 12.8 Å². The summed E-state index contributed by atoms with van der Waals surface area (Å²) < 4.78 is 1.76. The van der Waals surface area contributed by atoms with Crippen molar-refractivity contribution in [2.45, 2.75) is 38.6 Å². The Morgan fingerprint density at radius 3 is 3.00 bits per heavy atom. The van der Waals surface area contributed by atoms with Gasteiger partial charge in [0.1, 0.15) is 0 Å². The van der Waals surface area contributed by atoms with Gasteiger partial charge in [-0.15, -0.1) is 5.10 Å². The van der Waals surface area contributed by atoms with Crippen LogP contribution >= 0.6 is 0 Å². The first-order valence-electron chi connectivity index (χ1n) is 5.76. The van der Waals surface area contributed by atoms with Gasteiger partial charge in [-0.3, -0.25) is 4.68 Å². The molecular formula is C11H20N4. The van der Waals surface area contributed by atoms with Crippen molar-refractivity contribution < 1.29 is 0 Å². The molecule has 3 atom stereocenters. The zero-order valence-corrected chi connectivity index (χ0v) is 9.56. The third-order valence-corrected chi connectivity index (χ3v) is 3.42. The molecule has 1 aliphatic rings. The Hall–Kier alpha value is -0.900. The summed E-state index contributed by atoms with van der Waals surface area (Å²) >= 11 is 0. The van der Waals surface area contributed by atoms with Crippen LogP contribution in [0.2, 0.25) is 0 Å². The monoisotopic (exact) mass is 208 g/mol. The van der Waals surface area contributed by atoms with E-state index >= 15 is 0 Å². The zero-order chi connectivity index (χ0) is 10.8. The predicted octanol–water partition coefficient (Wildman–Crippen LogP) is 1.12. The first-order chi connectivity index (χ1) is 7.15. The maximum absolute atomic E-state index is 6.14. The summed E-state index contributed by atoms with van der Waals surface area (Å²) in [6, 6.07) is 0.350. The molecule has 1 saturated carbocycles. The number of hydrogen-bond donors (Lipinski definition) is 1. The highest BCUT2D eigenvalue weighted by molar-refractivity contribution is 4.97. The molecule has 1 aromatic rings. The molecule has 15 heavy (non-hydrogen) atoms. The minimum absolute atomic E-state index is 0.350. The quantitative estimate of drug-likeness (QED) is 0.792. The molecule has 0 aromatic carbocycles. The largest absolute Gasteiger partial charge is 0.327 e. The van der Waals surface area contributed by atoms with Gasteiger partial charge in [-0.05, 0) is 37.5 Å². The minimum Gasteiger partial charge on any atom is -0.327 e. The lowest BCUT2D eigenvalue weighted by Crippen LogP contribution is -2.36. The first kappa shape index (κ1) is 10.6. The van der Waals surface area contributed by atoms with Crippen molar-refractivity contribution in [3.63, 3.8) is 0 Å². The third kappa shape index (κ3) is 2.56. The smallest absolute Gasteiger partial charge is 0.0830 e. The third-order valence-electron chi connectivity index (χ3n) is 3.42. The first-order valence-corrected chi connectivity index (χ1v) is 5.76. The van der Waals surface area contributed by atoms with Crippen LogP contribution in [-0.4, -0.2) is 21.0 Å². The van der Waals surface area contributed by atoms with Crippen molar-refractivity contribution >= 4 is 0 Å². The van der Waals surface area contributed by atoms with Crippen LogP contribution < -0.4 is 5.73 Å². The maximum Gasteiger partial charge on any atom is 0.0830 e. The van der Waals surface area contributed by atoms with Crippen LogP contribution in [0, 0.1) is 11.8 Å². The molecule has 0 bridgehead atoms. The molecule has 1 aliphatic carbocycles. The molecule has 1 fully saturated rings. The molecular weight excluding hydrogens is 188 g/mol. The van der Waals surface area contributed by atoms with Crippen LogP contribution in [0.3, 0.4) is 0 Å². The summed E-state index contributed by atoms with van der Waals surface area (Å²) in [6.45, 7) is 2.32. The van der Waals surface area contributed by atoms with E-state index in [-0.39, 0.29) is 0 Å². The van der Waals surface area contributed by atoms with Crippen LogP contribution in [0.1, 0.15) is 31.9 Å². The number of aryl methyl sites for hydroxylation is 1. The van der Waals surface area contributed by atoms with Gasteiger partial charge in [0, 0.05) is 19.3 Å². The van der Waals surface area contributed by atoms with E-state index in [9.17, 15) is 0 Å². The average Bonchev–Trinajstić information content (AvgIpc) is 2.58. The summed E-state index contributed by atoms with van der Waals surface area (Å²) in [6.07, 6.45) is 6.65. The molecule has 2 rings (SSSR count). The topological polar surface area (TPSA) is 56.7 Å². The van der Waals surface area contributed by atoms with Gasteiger partial charge in [0.15, 0.2) is 0 Å². The fourth-order valence-electron chi connectivity index (χ4n) is 2.51.